The van der Waals surface area contributed by atoms with Crippen molar-refractivity contribution in [2.45, 2.75) is 51.9 Å². The molecule has 0 atom stereocenters. The summed E-state index contributed by atoms with van der Waals surface area (Å²) in [4.78, 5) is 16.8. The number of carbonyl (C=O) groups is 1. The summed E-state index contributed by atoms with van der Waals surface area (Å²) in [5.74, 6) is 0.682. The van der Waals surface area contributed by atoms with E-state index in [4.69, 9.17) is 0 Å². The van der Waals surface area contributed by atoms with Crippen molar-refractivity contribution >= 4 is 22.4 Å². The van der Waals surface area contributed by atoms with Gasteiger partial charge in [-0.3, -0.25) is 4.79 Å². The van der Waals surface area contributed by atoms with Gasteiger partial charge < -0.3 is 9.80 Å². The molecule has 122 valence electrons. The molecule has 1 amide bonds. The van der Waals surface area contributed by atoms with Gasteiger partial charge in [0.25, 0.3) is 0 Å². The highest BCUT2D eigenvalue weighted by Gasteiger charge is 2.31. The van der Waals surface area contributed by atoms with Crippen LogP contribution in [0.1, 0.15) is 51.5 Å². The van der Waals surface area contributed by atoms with Gasteiger partial charge in [0.2, 0.25) is 11.0 Å². The number of hydrogen-bond acceptors (Lipinski definition) is 5. The Morgan fingerprint density at radius 2 is 1.86 bits per heavy atom. The molecule has 0 bridgehead atoms. The first-order valence-electron chi connectivity index (χ1n) is 8.33. The van der Waals surface area contributed by atoms with Gasteiger partial charge in [-0.15, -0.1) is 10.2 Å². The molecule has 2 aliphatic rings. The zero-order chi connectivity index (χ0) is 15.7. The molecule has 1 saturated heterocycles. The number of nitrogens with zero attached hydrogens (tertiary/aromatic N) is 4. The van der Waals surface area contributed by atoms with E-state index in [0.29, 0.717) is 11.8 Å². The third kappa shape index (κ3) is 3.26. The first kappa shape index (κ1) is 15.7. The number of anilines is 1. The fourth-order valence-electron chi connectivity index (χ4n) is 2.89. The Labute approximate surface area is 136 Å². The minimum Gasteiger partial charge on any atom is -0.345 e. The first-order chi connectivity index (χ1) is 10.4. The topological polar surface area (TPSA) is 49.3 Å². The fraction of sp³-hybridized carbons (Fsp3) is 0.812. The summed E-state index contributed by atoms with van der Waals surface area (Å²) >= 11 is 1.69. The number of rotatable bonds is 2. The van der Waals surface area contributed by atoms with Gasteiger partial charge in [0, 0.05) is 37.5 Å². The predicted molar refractivity (Wildman–Crippen MR) is 89.4 cm³/mol. The van der Waals surface area contributed by atoms with Crippen molar-refractivity contribution in [1.29, 1.82) is 0 Å². The Bertz CT molecular complexity index is 532. The molecule has 0 N–H and O–H groups in total. The third-order valence-corrected chi connectivity index (χ3v) is 6.00. The molecule has 2 heterocycles. The molecule has 0 unspecified atom stereocenters. The van der Waals surface area contributed by atoms with E-state index in [1.165, 1.54) is 6.42 Å². The van der Waals surface area contributed by atoms with Crippen molar-refractivity contribution in [1.82, 2.24) is 15.1 Å². The Balaban J connectivity index is 1.62. The summed E-state index contributed by atoms with van der Waals surface area (Å²) in [7, 11) is 0. The van der Waals surface area contributed by atoms with Crippen molar-refractivity contribution in [3.05, 3.63) is 5.01 Å². The van der Waals surface area contributed by atoms with Crippen LogP contribution in [-0.2, 0) is 10.2 Å². The highest BCUT2D eigenvalue weighted by Crippen LogP contribution is 2.31. The molecule has 22 heavy (non-hydrogen) atoms. The highest BCUT2D eigenvalue weighted by atomic mass is 32.1. The van der Waals surface area contributed by atoms with Gasteiger partial charge in [0.15, 0.2) is 0 Å². The molecule has 1 aliphatic heterocycles. The molecule has 0 spiro atoms. The van der Waals surface area contributed by atoms with E-state index in [1.54, 1.807) is 11.3 Å². The smallest absolute Gasteiger partial charge is 0.225 e. The SMILES string of the molecule is CC(C)(C)c1nnc(N2CCCN(C(=O)C3CCC3)CC2)s1. The fourth-order valence-corrected chi connectivity index (χ4v) is 3.84. The molecule has 5 nitrogen and oxygen atoms in total. The lowest BCUT2D eigenvalue weighted by molar-refractivity contribution is -0.137. The van der Waals surface area contributed by atoms with Crippen LogP contribution in [0.4, 0.5) is 5.13 Å². The second kappa shape index (κ2) is 6.14. The van der Waals surface area contributed by atoms with E-state index in [-0.39, 0.29) is 5.41 Å². The van der Waals surface area contributed by atoms with E-state index in [1.807, 2.05) is 0 Å². The minimum absolute atomic E-state index is 0.0496. The van der Waals surface area contributed by atoms with Gasteiger partial charge in [-0.1, -0.05) is 38.5 Å². The second-order valence-corrected chi connectivity index (χ2v) is 8.39. The maximum Gasteiger partial charge on any atom is 0.225 e. The van der Waals surface area contributed by atoms with Crippen molar-refractivity contribution in [2.75, 3.05) is 31.1 Å². The molecule has 1 aliphatic carbocycles. The first-order valence-corrected chi connectivity index (χ1v) is 9.14. The Morgan fingerprint density at radius 3 is 2.45 bits per heavy atom. The van der Waals surface area contributed by atoms with E-state index >= 15 is 0 Å². The van der Waals surface area contributed by atoms with Crippen LogP contribution in [0.5, 0.6) is 0 Å². The zero-order valence-corrected chi connectivity index (χ0v) is 14.7. The van der Waals surface area contributed by atoms with Gasteiger partial charge in [-0.25, -0.2) is 0 Å². The van der Waals surface area contributed by atoms with E-state index < -0.39 is 0 Å². The quantitative estimate of drug-likeness (QED) is 0.840. The molecular formula is C16H26N4OS. The van der Waals surface area contributed by atoms with Crippen LogP contribution in [0.25, 0.3) is 0 Å². The monoisotopic (exact) mass is 322 g/mol. The van der Waals surface area contributed by atoms with Gasteiger partial charge in [-0.05, 0) is 19.3 Å². The third-order valence-electron chi connectivity index (χ3n) is 4.59. The van der Waals surface area contributed by atoms with Crippen molar-refractivity contribution in [3.63, 3.8) is 0 Å². The van der Waals surface area contributed by atoms with Crippen molar-refractivity contribution in [3.8, 4) is 0 Å². The van der Waals surface area contributed by atoms with Crippen molar-refractivity contribution in [2.24, 2.45) is 5.92 Å². The lowest BCUT2D eigenvalue weighted by Crippen LogP contribution is -2.41. The van der Waals surface area contributed by atoms with Crippen LogP contribution in [0.15, 0.2) is 0 Å². The molecular weight excluding hydrogens is 296 g/mol. The summed E-state index contributed by atoms with van der Waals surface area (Å²) < 4.78 is 0. The number of aromatic nitrogens is 2. The average molecular weight is 322 g/mol. The maximum atomic E-state index is 12.4. The zero-order valence-electron chi connectivity index (χ0n) is 13.8. The Hall–Kier alpha value is -1.17. The summed E-state index contributed by atoms with van der Waals surface area (Å²) in [5, 5.41) is 10.8. The summed E-state index contributed by atoms with van der Waals surface area (Å²) in [6, 6.07) is 0. The van der Waals surface area contributed by atoms with E-state index in [9.17, 15) is 4.79 Å². The molecule has 2 fully saturated rings. The molecule has 6 heteroatoms. The van der Waals surface area contributed by atoms with Crippen LogP contribution in [-0.4, -0.2) is 47.2 Å². The minimum atomic E-state index is 0.0496. The summed E-state index contributed by atoms with van der Waals surface area (Å²) in [6.45, 7) is 10.0. The van der Waals surface area contributed by atoms with Crippen molar-refractivity contribution < 1.29 is 4.79 Å². The normalized spacial score (nSPS) is 20.7. The molecule has 1 aromatic rings. The maximum absolute atomic E-state index is 12.4. The molecule has 0 radical (unpaired) electrons. The Morgan fingerprint density at radius 1 is 1.09 bits per heavy atom. The number of hydrogen-bond donors (Lipinski definition) is 0. The standard InChI is InChI=1S/C16H26N4OS/c1-16(2,3)14-17-18-15(22-14)20-9-5-8-19(10-11-20)13(21)12-6-4-7-12/h12H,4-11H2,1-3H3. The van der Waals surface area contributed by atoms with Crippen LogP contribution >= 0.6 is 11.3 Å². The Kier molecular flexibility index (Phi) is 4.39. The van der Waals surface area contributed by atoms with Gasteiger partial charge in [0.05, 0.1) is 0 Å². The van der Waals surface area contributed by atoms with E-state index in [2.05, 4.69) is 40.8 Å². The predicted octanol–water partition coefficient (Wildman–Crippen LogP) is 2.67. The van der Waals surface area contributed by atoms with Crippen LogP contribution in [0.2, 0.25) is 0 Å². The van der Waals surface area contributed by atoms with Crippen LogP contribution in [0.3, 0.4) is 0 Å². The summed E-state index contributed by atoms with van der Waals surface area (Å²) in [6.07, 6.45) is 4.41. The van der Waals surface area contributed by atoms with Gasteiger partial charge in [-0.2, -0.15) is 0 Å². The van der Waals surface area contributed by atoms with Crippen LogP contribution < -0.4 is 4.90 Å². The highest BCUT2D eigenvalue weighted by molar-refractivity contribution is 7.15. The molecule has 1 aromatic heterocycles. The van der Waals surface area contributed by atoms with Gasteiger partial charge >= 0.3 is 0 Å². The largest absolute Gasteiger partial charge is 0.345 e. The van der Waals surface area contributed by atoms with E-state index in [0.717, 1.165) is 55.6 Å². The molecule has 0 aromatic carbocycles. The lowest BCUT2D eigenvalue weighted by Gasteiger charge is -2.30. The summed E-state index contributed by atoms with van der Waals surface area (Å²) in [5.41, 5.74) is 0.0496. The number of carbonyl (C=O) groups excluding carboxylic acids is 1. The molecule has 1 saturated carbocycles. The van der Waals surface area contributed by atoms with Crippen LogP contribution in [0, 0.1) is 5.92 Å². The lowest BCUT2D eigenvalue weighted by atomic mass is 9.84. The number of amides is 1. The average Bonchev–Trinajstić information content (AvgIpc) is 2.75. The molecule has 3 rings (SSSR count). The second-order valence-electron chi connectivity index (χ2n) is 7.43. The van der Waals surface area contributed by atoms with Gasteiger partial charge in [0.1, 0.15) is 5.01 Å².